The predicted octanol–water partition coefficient (Wildman–Crippen LogP) is 1.89. The van der Waals surface area contributed by atoms with Crippen LogP contribution in [0.5, 0.6) is 0 Å². The zero-order chi connectivity index (χ0) is 12.3. The van der Waals surface area contributed by atoms with Crippen molar-refractivity contribution in [3.05, 3.63) is 29.8 Å². The Kier molecular flexibility index (Phi) is 3.95. The molecule has 3 nitrogen and oxygen atoms in total. The number of benzene rings is 1. The molecule has 1 aromatic carbocycles. The summed E-state index contributed by atoms with van der Waals surface area (Å²) < 4.78 is 26.4. The molecule has 0 saturated carbocycles. The molecule has 0 bridgehead atoms. The van der Waals surface area contributed by atoms with Gasteiger partial charge in [0.25, 0.3) is 0 Å². The van der Waals surface area contributed by atoms with Crippen LogP contribution in [0.3, 0.4) is 0 Å². The molecule has 0 aliphatic heterocycles. The first kappa shape index (κ1) is 12.6. The van der Waals surface area contributed by atoms with Gasteiger partial charge in [-0.25, -0.2) is 8.78 Å². The van der Waals surface area contributed by atoms with Crippen LogP contribution in [-0.4, -0.2) is 11.9 Å². The lowest BCUT2D eigenvalue weighted by Gasteiger charge is -2.15. The summed E-state index contributed by atoms with van der Waals surface area (Å²) in [6.45, 7) is 3.50. The van der Waals surface area contributed by atoms with Crippen LogP contribution in [0.25, 0.3) is 0 Å². The lowest BCUT2D eigenvalue weighted by Crippen LogP contribution is -2.40. The summed E-state index contributed by atoms with van der Waals surface area (Å²) in [5.41, 5.74) is 5.10. The van der Waals surface area contributed by atoms with Crippen LogP contribution in [0.2, 0.25) is 0 Å². The smallest absolute Gasteiger partial charge is 0.241 e. The third-order valence-corrected chi connectivity index (χ3v) is 2.23. The van der Waals surface area contributed by atoms with Crippen molar-refractivity contribution < 1.29 is 13.6 Å². The first-order chi connectivity index (χ1) is 7.43. The Balaban J connectivity index is 2.85. The minimum Gasteiger partial charge on any atom is -0.320 e. The van der Waals surface area contributed by atoms with Crippen LogP contribution in [0.1, 0.15) is 13.8 Å². The van der Waals surface area contributed by atoms with Crippen LogP contribution in [-0.2, 0) is 4.79 Å². The number of carbonyl (C=O) groups excluding carboxylic acids is 1. The first-order valence-corrected chi connectivity index (χ1v) is 4.94. The Labute approximate surface area is 92.6 Å². The summed E-state index contributed by atoms with van der Waals surface area (Å²) in [5, 5.41) is 2.15. The molecule has 1 amide bonds. The number of halogens is 2. The van der Waals surface area contributed by atoms with Gasteiger partial charge in [0.15, 0.2) is 0 Å². The van der Waals surface area contributed by atoms with Crippen molar-refractivity contribution in [2.24, 2.45) is 11.7 Å². The van der Waals surface area contributed by atoms with Gasteiger partial charge in [0.2, 0.25) is 5.91 Å². The standard InChI is InChI=1S/C11H14F2N2O/c1-6(2)9(14)11(16)15-10-7(12)4-3-5-8(10)13/h3-6,9H,14H2,1-2H3,(H,15,16). The van der Waals surface area contributed by atoms with E-state index in [0.717, 1.165) is 12.1 Å². The number of anilines is 1. The number of para-hydroxylation sites is 1. The van der Waals surface area contributed by atoms with Crippen molar-refractivity contribution in [2.45, 2.75) is 19.9 Å². The molecule has 0 heterocycles. The lowest BCUT2D eigenvalue weighted by atomic mass is 10.0. The fourth-order valence-electron chi connectivity index (χ4n) is 1.13. The number of nitrogens with one attached hydrogen (secondary N) is 1. The van der Waals surface area contributed by atoms with E-state index in [1.807, 2.05) is 0 Å². The minimum atomic E-state index is -0.815. The van der Waals surface area contributed by atoms with E-state index in [2.05, 4.69) is 5.32 Å². The zero-order valence-electron chi connectivity index (χ0n) is 9.13. The maximum Gasteiger partial charge on any atom is 0.241 e. The van der Waals surface area contributed by atoms with E-state index in [4.69, 9.17) is 5.73 Å². The monoisotopic (exact) mass is 228 g/mol. The van der Waals surface area contributed by atoms with Gasteiger partial charge in [-0.15, -0.1) is 0 Å². The molecule has 0 radical (unpaired) electrons. The van der Waals surface area contributed by atoms with Gasteiger partial charge >= 0.3 is 0 Å². The molecular weight excluding hydrogens is 214 g/mol. The van der Waals surface area contributed by atoms with Crippen LogP contribution < -0.4 is 11.1 Å². The highest BCUT2D eigenvalue weighted by Crippen LogP contribution is 2.18. The van der Waals surface area contributed by atoms with Crippen LogP contribution in [0, 0.1) is 17.6 Å². The Bertz CT molecular complexity index is 373. The van der Waals surface area contributed by atoms with E-state index >= 15 is 0 Å². The van der Waals surface area contributed by atoms with Gasteiger partial charge in [-0.2, -0.15) is 0 Å². The average molecular weight is 228 g/mol. The SMILES string of the molecule is CC(C)C(N)C(=O)Nc1c(F)cccc1F. The van der Waals surface area contributed by atoms with Gasteiger partial charge in [-0.05, 0) is 18.1 Å². The van der Waals surface area contributed by atoms with E-state index < -0.39 is 29.3 Å². The summed E-state index contributed by atoms with van der Waals surface area (Å²) in [5.74, 6) is -2.33. The lowest BCUT2D eigenvalue weighted by molar-refractivity contribution is -0.118. The number of hydrogen-bond donors (Lipinski definition) is 2. The number of hydrogen-bond acceptors (Lipinski definition) is 2. The highest BCUT2D eigenvalue weighted by molar-refractivity contribution is 5.95. The normalized spacial score (nSPS) is 12.6. The third-order valence-electron chi connectivity index (χ3n) is 2.23. The van der Waals surface area contributed by atoms with Gasteiger partial charge in [-0.1, -0.05) is 19.9 Å². The highest BCUT2D eigenvalue weighted by Gasteiger charge is 2.19. The van der Waals surface area contributed by atoms with E-state index in [1.165, 1.54) is 6.07 Å². The Hall–Kier alpha value is -1.49. The van der Waals surface area contributed by atoms with Crippen molar-refractivity contribution >= 4 is 11.6 Å². The highest BCUT2D eigenvalue weighted by atomic mass is 19.1. The molecule has 1 unspecified atom stereocenters. The minimum absolute atomic E-state index is 0.102. The van der Waals surface area contributed by atoms with Crippen molar-refractivity contribution in [3.63, 3.8) is 0 Å². The number of amides is 1. The maximum absolute atomic E-state index is 13.2. The van der Waals surface area contributed by atoms with Gasteiger partial charge in [-0.3, -0.25) is 4.79 Å². The van der Waals surface area contributed by atoms with Crippen molar-refractivity contribution in [1.29, 1.82) is 0 Å². The third kappa shape index (κ3) is 2.76. The molecule has 16 heavy (non-hydrogen) atoms. The molecule has 0 saturated heterocycles. The van der Waals surface area contributed by atoms with Gasteiger partial charge in [0.1, 0.15) is 17.3 Å². The zero-order valence-corrected chi connectivity index (χ0v) is 9.13. The van der Waals surface area contributed by atoms with E-state index in [-0.39, 0.29) is 5.92 Å². The summed E-state index contributed by atoms with van der Waals surface area (Å²) in [7, 11) is 0. The summed E-state index contributed by atoms with van der Waals surface area (Å²) in [4.78, 5) is 11.5. The fraction of sp³-hybridized carbons (Fsp3) is 0.364. The van der Waals surface area contributed by atoms with Crippen LogP contribution in [0.15, 0.2) is 18.2 Å². The molecule has 1 aromatic rings. The van der Waals surface area contributed by atoms with E-state index in [9.17, 15) is 13.6 Å². The summed E-state index contributed by atoms with van der Waals surface area (Å²) in [6.07, 6.45) is 0. The van der Waals surface area contributed by atoms with Gasteiger partial charge in [0, 0.05) is 0 Å². The molecule has 1 rings (SSSR count). The summed E-state index contributed by atoms with van der Waals surface area (Å²) in [6, 6.07) is 2.57. The average Bonchev–Trinajstić information content (AvgIpc) is 2.22. The number of carbonyl (C=O) groups is 1. The first-order valence-electron chi connectivity index (χ1n) is 4.94. The van der Waals surface area contributed by atoms with Crippen molar-refractivity contribution in [2.75, 3.05) is 5.32 Å². The summed E-state index contributed by atoms with van der Waals surface area (Å²) >= 11 is 0. The van der Waals surface area contributed by atoms with Crippen molar-refractivity contribution in [1.82, 2.24) is 0 Å². The van der Waals surface area contributed by atoms with E-state index in [0.29, 0.717) is 0 Å². The molecule has 0 aromatic heterocycles. The second kappa shape index (κ2) is 5.03. The number of rotatable bonds is 3. The predicted molar refractivity (Wildman–Crippen MR) is 57.8 cm³/mol. The molecule has 1 atom stereocenters. The Morgan fingerprint density at radius 3 is 2.25 bits per heavy atom. The Morgan fingerprint density at radius 1 is 1.31 bits per heavy atom. The molecule has 3 N–H and O–H groups in total. The molecule has 88 valence electrons. The van der Waals surface area contributed by atoms with Crippen molar-refractivity contribution in [3.8, 4) is 0 Å². The molecule has 5 heteroatoms. The maximum atomic E-state index is 13.2. The molecule has 0 aliphatic rings. The quantitative estimate of drug-likeness (QED) is 0.830. The number of nitrogens with two attached hydrogens (primary N) is 1. The molecule has 0 spiro atoms. The topological polar surface area (TPSA) is 55.1 Å². The second-order valence-electron chi connectivity index (χ2n) is 3.86. The van der Waals surface area contributed by atoms with Gasteiger partial charge in [0.05, 0.1) is 6.04 Å². The van der Waals surface area contributed by atoms with Crippen LogP contribution >= 0.6 is 0 Å². The molecule has 0 fully saturated rings. The van der Waals surface area contributed by atoms with Gasteiger partial charge < -0.3 is 11.1 Å². The largest absolute Gasteiger partial charge is 0.320 e. The van der Waals surface area contributed by atoms with Crippen LogP contribution in [0.4, 0.5) is 14.5 Å². The molecular formula is C11H14F2N2O. The fourth-order valence-corrected chi connectivity index (χ4v) is 1.13. The molecule has 0 aliphatic carbocycles. The van der Waals surface area contributed by atoms with E-state index in [1.54, 1.807) is 13.8 Å². The Morgan fingerprint density at radius 2 is 1.81 bits per heavy atom. The second-order valence-corrected chi connectivity index (χ2v) is 3.86.